The second-order valence-electron chi connectivity index (χ2n) is 7.43. The fourth-order valence-electron chi connectivity index (χ4n) is 3.21. The van der Waals surface area contributed by atoms with Gasteiger partial charge in [-0.3, -0.25) is 10.1 Å². The molecule has 1 aromatic carbocycles. The number of aliphatic imine (C=N–C) groups is 1. The van der Waals surface area contributed by atoms with Crippen molar-refractivity contribution in [2.24, 2.45) is 15.2 Å². The molecule has 1 atom stereocenters. The summed E-state index contributed by atoms with van der Waals surface area (Å²) in [7, 11) is -3.57. The molecule has 32 heavy (non-hydrogen) atoms. The van der Waals surface area contributed by atoms with Crippen LogP contribution < -0.4 is 14.8 Å². The Balaban J connectivity index is 1.44. The zero-order chi connectivity index (χ0) is 23.1. The molecule has 0 aliphatic carbocycles. The second kappa shape index (κ2) is 10.6. The quantitative estimate of drug-likeness (QED) is 0.355. The SMILES string of the molecule is C[C@@H](NS(=O)(=O)CCCCCN1CC(=O)NC1=O)c1ccc(F)c(OCC2=NCN=N2)c1. The van der Waals surface area contributed by atoms with Crippen molar-refractivity contribution in [3.63, 3.8) is 0 Å². The average molecular weight is 469 g/mol. The Morgan fingerprint density at radius 3 is 2.78 bits per heavy atom. The van der Waals surface area contributed by atoms with Crippen molar-refractivity contribution in [2.75, 3.05) is 32.1 Å². The highest BCUT2D eigenvalue weighted by molar-refractivity contribution is 7.89. The number of nitrogens with zero attached hydrogens (tertiary/aromatic N) is 4. The minimum absolute atomic E-state index is 0.0252. The molecule has 1 saturated heterocycles. The topological polar surface area (TPSA) is 142 Å². The maximum absolute atomic E-state index is 14.0. The van der Waals surface area contributed by atoms with Gasteiger partial charge in [0.25, 0.3) is 0 Å². The molecule has 0 spiro atoms. The van der Waals surface area contributed by atoms with Crippen LogP contribution in [-0.4, -0.2) is 63.2 Å². The summed E-state index contributed by atoms with van der Waals surface area (Å²) in [5.41, 5.74) is 0.546. The van der Waals surface area contributed by atoms with Crippen LogP contribution in [-0.2, 0) is 14.8 Å². The number of nitrogens with one attached hydrogen (secondary N) is 2. The molecule has 0 saturated carbocycles. The third kappa shape index (κ3) is 6.79. The van der Waals surface area contributed by atoms with E-state index in [1.54, 1.807) is 6.92 Å². The number of carbonyl (C=O) groups is 2. The highest BCUT2D eigenvalue weighted by Crippen LogP contribution is 2.24. The molecule has 1 aromatic rings. The van der Waals surface area contributed by atoms with Gasteiger partial charge < -0.3 is 9.64 Å². The van der Waals surface area contributed by atoms with Gasteiger partial charge in [0.15, 0.2) is 24.1 Å². The van der Waals surface area contributed by atoms with E-state index >= 15 is 0 Å². The Morgan fingerprint density at radius 2 is 2.09 bits per heavy atom. The van der Waals surface area contributed by atoms with Crippen LogP contribution in [0.15, 0.2) is 33.4 Å². The van der Waals surface area contributed by atoms with Crippen LogP contribution in [0.1, 0.15) is 37.8 Å². The summed E-state index contributed by atoms with van der Waals surface area (Å²) in [5.74, 6) is -0.656. The van der Waals surface area contributed by atoms with Crippen molar-refractivity contribution in [1.29, 1.82) is 0 Å². The number of imide groups is 1. The number of carbonyl (C=O) groups excluding carboxylic acids is 2. The number of sulfonamides is 1. The van der Waals surface area contributed by atoms with Crippen molar-refractivity contribution < 1.29 is 27.1 Å². The van der Waals surface area contributed by atoms with E-state index in [9.17, 15) is 22.4 Å². The van der Waals surface area contributed by atoms with Crippen LogP contribution >= 0.6 is 0 Å². The molecule has 0 aromatic heterocycles. The van der Waals surface area contributed by atoms with Crippen LogP contribution in [0.4, 0.5) is 9.18 Å². The van der Waals surface area contributed by atoms with Gasteiger partial charge >= 0.3 is 6.03 Å². The first-order valence-electron chi connectivity index (χ1n) is 10.2. The molecule has 3 amide bonds. The zero-order valence-electron chi connectivity index (χ0n) is 17.6. The molecule has 2 heterocycles. The molecular weight excluding hydrogens is 443 g/mol. The van der Waals surface area contributed by atoms with E-state index in [0.717, 1.165) is 0 Å². The normalized spacial score (nSPS) is 16.9. The molecule has 1 fully saturated rings. The minimum atomic E-state index is -3.57. The number of halogens is 1. The standard InChI is InChI=1S/C19H25FN6O5S/c1-13(14-5-6-15(20)16(9-14)31-11-17-21-12-22-24-17)25-32(29,30)8-4-2-3-7-26-10-18(27)23-19(26)28/h5-6,9,13,25H,2-4,7-8,10-12H2,1H3,(H,23,27,28)/t13-/m1/s1. The number of hydrogen-bond acceptors (Lipinski definition) is 8. The lowest BCUT2D eigenvalue weighted by atomic mass is 10.1. The summed E-state index contributed by atoms with van der Waals surface area (Å²) >= 11 is 0. The van der Waals surface area contributed by atoms with Gasteiger partial charge in [0.2, 0.25) is 15.9 Å². The number of ether oxygens (including phenoxy) is 1. The van der Waals surface area contributed by atoms with Crippen LogP contribution in [0, 0.1) is 5.82 Å². The molecule has 0 bridgehead atoms. The van der Waals surface area contributed by atoms with E-state index < -0.39 is 27.9 Å². The largest absolute Gasteiger partial charge is 0.482 e. The molecular formula is C19H25FN6O5S. The fourth-order valence-corrected chi connectivity index (χ4v) is 4.58. The van der Waals surface area contributed by atoms with Crippen molar-refractivity contribution in [2.45, 2.75) is 32.2 Å². The van der Waals surface area contributed by atoms with Gasteiger partial charge in [0.05, 0.1) is 5.75 Å². The molecule has 3 rings (SSSR count). The third-order valence-corrected chi connectivity index (χ3v) is 6.42. The number of benzene rings is 1. The molecule has 2 N–H and O–H groups in total. The Morgan fingerprint density at radius 1 is 1.28 bits per heavy atom. The number of amidine groups is 1. The van der Waals surface area contributed by atoms with Gasteiger partial charge in [-0.25, -0.2) is 27.3 Å². The summed E-state index contributed by atoms with van der Waals surface area (Å²) in [6, 6.07) is 3.14. The maximum Gasteiger partial charge on any atom is 0.324 e. The monoisotopic (exact) mass is 468 g/mol. The highest BCUT2D eigenvalue weighted by atomic mass is 32.2. The minimum Gasteiger partial charge on any atom is -0.482 e. The molecule has 174 valence electrons. The number of urea groups is 1. The molecule has 2 aliphatic rings. The molecule has 0 radical (unpaired) electrons. The highest BCUT2D eigenvalue weighted by Gasteiger charge is 2.25. The van der Waals surface area contributed by atoms with Crippen molar-refractivity contribution in [3.05, 3.63) is 29.6 Å². The number of rotatable bonds is 12. The Kier molecular flexibility index (Phi) is 7.85. The lowest BCUT2D eigenvalue weighted by Crippen LogP contribution is -2.30. The number of amides is 3. The number of azo groups is 1. The second-order valence-corrected chi connectivity index (χ2v) is 9.30. The van der Waals surface area contributed by atoms with E-state index in [2.05, 4.69) is 25.3 Å². The summed E-state index contributed by atoms with van der Waals surface area (Å²) in [5, 5.41) is 9.63. The third-order valence-electron chi connectivity index (χ3n) is 4.88. The predicted molar refractivity (Wildman–Crippen MR) is 113 cm³/mol. The van der Waals surface area contributed by atoms with Gasteiger partial charge in [-0.05, 0) is 37.5 Å². The van der Waals surface area contributed by atoms with E-state index in [4.69, 9.17) is 4.74 Å². The molecule has 11 nitrogen and oxygen atoms in total. The summed E-state index contributed by atoms with van der Waals surface area (Å²) in [6.07, 6.45) is 1.58. The van der Waals surface area contributed by atoms with Crippen molar-refractivity contribution in [3.8, 4) is 5.75 Å². The first-order valence-corrected chi connectivity index (χ1v) is 11.8. The van der Waals surface area contributed by atoms with E-state index in [0.29, 0.717) is 37.2 Å². The summed E-state index contributed by atoms with van der Waals surface area (Å²) in [4.78, 5) is 28.0. The average Bonchev–Trinajstić information content (AvgIpc) is 3.35. The number of unbranched alkanes of at least 4 members (excludes halogenated alkanes) is 2. The Bertz CT molecular complexity index is 1030. The first kappa shape index (κ1) is 23.7. The van der Waals surface area contributed by atoms with E-state index in [1.807, 2.05) is 0 Å². The van der Waals surface area contributed by atoms with Crippen molar-refractivity contribution in [1.82, 2.24) is 14.9 Å². The van der Waals surface area contributed by atoms with Gasteiger partial charge in [-0.1, -0.05) is 12.5 Å². The molecule has 2 aliphatic heterocycles. The molecule has 13 heteroatoms. The van der Waals surface area contributed by atoms with Crippen LogP contribution in [0.25, 0.3) is 0 Å². The van der Waals surface area contributed by atoms with Gasteiger partial charge in [0, 0.05) is 12.6 Å². The first-order chi connectivity index (χ1) is 15.2. The van der Waals surface area contributed by atoms with Gasteiger partial charge in [-0.15, -0.1) is 5.11 Å². The van der Waals surface area contributed by atoms with Gasteiger partial charge in [0.1, 0.15) is 13.2 Å². The lowest BCUT2D eigenvalue weighted by Gasteiger charge is -2.16. The number of hydrogen-bond donors (Lipinski definition) is 2. The maximum atomic E-state index is 14.0. The Labute approximate surface area is 185 Å². The summed E-state index contributed by atoms with van der Waals surface area (Å²) < 4.78 is 46.8. The smallest absolute Gasteiger partial charge is 0.324 e. The van der Waals surface area contributed by atoms with Gasteiger partial charge in [-0.2, -0.15) is 5.11 Å². The molecule has 0 unspecified atom stereocenters. The lowest BCUT2D eigenvalue weighted by molar-refractivity contribution is -0.118. The summed E-state index contributed by atoms with van der Waals surface area (Å²) in [6.45, 7) is 2.29. The van der Waals surface area contributed by atoms with Crippen LogP contribution in [0.3, 0.4) is 0 Å². The van der Waals surface area contributed by atoms with Crippen LogP contribution in [0.2, 0.25) is 0 Å². The van der Waals surface area contributed by atoms with E-state index in [1.165, 1.54) is 23.1 Å². The zero-order valence-corrected chi connectivity index (χ0v) is 18.4. The Hall–Kier alpha value is -2.93. The van der Waals surface area contributed by atoms with E-state index in [-0.39, 0.29) is 37.2 Å². The van der Waals surface area contributed by atoms with Crippen molar-refractivity contribution >= 4 is 27.8 Å². The van der Waals surface area contributed by atoms with Crippen LogP contribution in [0.5, 0.6) is 5.75 Å². The predicted octanol–water partition coefficient (Wildman–Crippen LogP) is 1.73. The fraction of sp³-hybridized carbons (Fsp3) is 0.526.